The lowest BCUT2D eigenvalue weighted by Crippen LogP contribution is -2.43. The van der Waals surface area contributed by atoms with Crippen molar-refractivity contribution in [1.29, 1.82) is 0 Å². The SMILES string of the molecule is CCOC(=O)C(Cc1ccccc1)NC(=O)c1ccccc1OCCOC. The maximum atomic E-state index is 12.8. The van der Waals surface area contributed by atoms with Crippen LogP contribution in [0.25, 0.3) is 0 Å². The average molecular weight is 371 g/mol. The highest BCUT2D eigenvalue weighted by molar-refractivity contribution is 5.99. The Morgan fingerprint density at radius 1 is 1.00 bits per heavy atom. The molecule has 0 aliphatic rings. The van der Waals surface area contributed by atoms with Crippen molar-refractivity contribution < 1.29 is 23.8 Å². The zero-order valence-corrected chi connectivity index (χ0v) is 15.6. The first-order chi connectivity index (χ1) is 13.2. The molecule has 0 spiro atoms. The molecule has 0 aromatic heterocycles. The van der Waals surface area contributed by atoms with Crippen LogP contribution in [0.1, 0.15) is 22.8 Å². The van der Waals surface area contributed by atoms with Crippen molar-refractivity contribution in [3.05, 3.63) is 65.7 Å². The molecule has 1 atom stereocenters. The quantitative estimate of drug-likeness (QED) is 0.513. The van der Waals surface area contributed by atoms with Gasteiger partial charge in [-0.25, -0.2) is 4.79 Å². The minimum Gasteiger partial charge on any atom is -0.490 e. The number of esters is 1. The zero-order valence-electron chi connectivity index (χ0n) is 15.6. The van der Waals surface area contributed by atoms with Crippen LogP contribution < -0.4 is 10.1 Å². The molecule has 144 valence electrons. The molecule has 2 aromatic rings. The van der Waals surface area contributed by atoms with Gasteiger partial charge in [0.25, 0.3) is 5.91 Å². The summed E-state index contributed by atoms with van der Waals surface area (Å²) in [6, 6.07) is 15.6. The highest BCUT2D eigenvalue weighted by Crippen LogP contribution is 2.18. The molecular weight excluding hydrogens is 346 g/mol. The second kappa shape index (κ2) is 11.0. The maximum absolute atomic E-state index is 12.8. The number of methoxy groups -OCH3 is 1. The van der Waals surface area contributed by atoms with E-state index in [1.54, 1.807) is 38.3 Å². The van der Waals surface area contributed by atoms with Crippen LogP contribution in [0.15, 0.2) is 54.6 Å². The van der Waals surface area contributed by atoms with Crippen LogP contribution in [0.5, 0.6) is 5.75 Å². The van der Waals surface area contributed by atoms with Gasteiger partial charge in [0.15, 0.2) is 0 Å². The summed E-state index contributed by atoms with van der Waals surface area (Å²) >= 11 is 0. The van der Waals surface area contributed by atoms with Crippen molar-refractivity contribution in [3.63, 3.8) is 0 Å². The van der Waals surface area contributed by atoms with Crippen LogP contribution in [0.2, 0.25) is 0 Å². The van der Waals surface area contributed by atoms with Gasteiger partial charge in [-0.2, -0.15) is 0 Å². The predicted octanol–water partition coefficient (Wildman–Crippen LogP) is 2.62. The molecule has 6 nitrogen and oxygen atoms in total. The lowest BCUT2D eigenvalue weighted by Gasteiger charge is -2.18. The standard InChI is InChI=1S/C21H25NO5/c1-3-26-21(24)18(15-16-9-5-4-6-10-16)22-20(23)17-11-7-8-12-19(17)27-14-13-25-2/h4-12,18H,3,13-15H2,1-2H3,(H,22,23). The maximum Gasteiger partial charge on any atom is 0.328 e. The van der Waals surface area contributed by atoms with Crippen molar-refractivity contribution in [2.45, 2.75) is 19.4 Å². The van der Waals surface area contributed by atoms with Crippen LogP contribution in [0, 0.1) is 0 Å². The Hall–Kier alpha value is -2.86. The number of hydrogen-bond acceptors (Lipinski definition) is 5. The first-order valence-corrected chi connectivity index (χ1v) is 8.88. The fourth-order valence-electron chi connectivity index (χ4n) is 2.54. The highest BCUT2D eigenvalue weighted by Gasteiger charge is 2.24. The van der Waals surface area contributed by atoms with Gasteiger partial charge in [-0.1, -0.05) is 42.5 Å². The molecule has 27 heavy (non-hydrogen) atoms. The van der Waals surface area contributed by atoms with Crippen molar-refractivity contribution in [2.75, 3.05) is 26.9 Å². The van der Waals surface area contributed by atoms with E-state index in [2.05, 4.69) is 5.32 Å². The summed E-state index contributed by atoms with van der Waals surface area (Å²) in [4.78, 5) is 25.1. The molecule has 2 rings (SSSR count). The van der Waals surface area contributed by atoms with Crippen LogP contribution >= 0.6 is 0 Å². The van der Waals surface area contributed by atoms with E-state index in [0.717, 1.165) is 5.56 Å². The van der Waals surface area contributed by atoms with Crippen molar-refractivity contribution in [2.24, 2.45) is 0 Å². The molecule has 1 N–H and O–H groups in total. The molecule has 1 amide bonds. The Labute approximate surface area is 159 Å². The van der Waals surface area contributed by atoms with E-state index < -0.39 is 17.9 Å². The summed E-state index contributed by atoms with van der Waals surface area (Å²) in [5, 5.41) is 2.77. The number of para-hydroxylation sites is 1. The number of carbonyl (C=O) groups is 2. The molecule has 0 aliphatic carbocycles. The topological polar surface area (TPSA) is 73.9 Å². The van der Waals surface area contributed by atoms with Gasteiger partial charge >= 0.3 is 5.97 Å². The normalized spacial score (nSPS) is 11.5. The molecule has 2 aromatic carbocycles. The molecule has 0 heterocycles. The molecular formula is C21H25NO5. The fourth-order valence-corrected chi connectivity index (χ4v) is 2.54. The van der Waals surface area contributed by atoms with Crippen molar-refractivity contribution in [3.8, 4) is 5.75 Å². The lowest BCUT2D eigenvalue weighted by molar-refractivity contribution is -0.145. The van der Waals surface area contributed by atoms with Gasteiger partial charge in [0.1, 0.15) is 18.4 Å². The van der Waals surface area contributed by atoms with Crippen LogP contribution in [-0.4, -0.2) is 44.8 Å². The number of amides is 1. The van der Waals surface area contributed by atoms with Gasteiger partial charge in [-0.05, 0) is 24.6 Å². The first kappa shape index (κ1) is 20.5. The summed E-state index contributed by atoms with van der Waals surface area (Å²) in [5.41, 5.74) is 1.29. The van der Waals surface area contributed by atoms with E-state index in [1.165, 1.54) is 0 Å². The van der Waals surface area contributed by atoms with Crippen molar-refractivity contribution >= 4 is 11.9 Å². The number of carbonyl (C=O) groups excluding carboxylic acids is 2. The number of nitrogens with one attached hydrogen (secondary N) is 1. The summed E-state index contributed by atoms with van der Waals surface area (Å²) < 4.78 is 15.7. The molecule has 0 aliphatic heterocycles. The van der Waals surface area contributed by atoms with Crippen LogP contribution in [-0.2, 0) is 20.7 Å². The van der Waals surface area contributed by atoms with E-state index in [9.17, 15) is 9.59 Å². The fraction of sp³-hybridized carbons (Fsp3) is 0.333. The molecule has 6 heteroatoms. The molecule has 1 unspecified atom stereocenters. The lowest BCUT2D eigenvalue weighted by atomic mass is 10.1. The monoisotopic (exact) mass is 371 g/mol. The molecule has 0 saturated carbocycles. The second-order valence-electron chi connectivity index (χ2n) is 5.81. The van der Waals surface area contributed by atoms with E-state index in [4.69, 9.17) is 14.2 Å². The third-order valence-electron chi connectivity index (χ3n) is 3.84. The average Bonchev–Trinajstić information content (AvgIpc) is 2.69. The smallest absolute Gasteiger partial charge is 0.328 e. The Balaban J connectivity index is 2.14. The van der Waals surface area contributed by atoms with Gasteiger partial charge in [0, 0.05) is 13.5 Å². The first-order valence-electron chi connectivity index (χ1n) is 8.88. The third kappa shape index (κ3) is 6.42. The largest absolute Gasteiger partial charge is 0.490 e. The number of hydrogen-bond donors (Lipinski definition) is 1. The van der Waals surface area contributed by atoms with Gasteiger partial charge < -0.3 is 19.5 Å². The number of ether oxygens (including phenoxy) is 3. The molecule has 0 bridgehead atoms. The van der Waals surface area contributed by atoms with Gasteiger partial charge in [-0.15, -0.1) is 0 Å². The van der Waals surface area contributed by atoms with Gasteiger partial charge in [0.2, 0.25) is 0 Å². The summed E-state index contributed by atoms with van der Waals surface area (Å²) in [6.45, 7) is 2.72. The summed E-state index contributed by atoms with van der Waals surface area (Å²) in [7, 11) is 1.58. The molecule has 0 radical (unpaired) electrons. The summed E-state index contributed by atoms with van der Waals surface area (Å²) in [5.74, 6) is -0.418. The second-order valence-corrected chi connectivity index (χ2v) is 5.81. The number of benzene rings is 2. The van der Waals surface area contributed by atoms with E-state index >= 15 is 0 Å². The van der Waals surface area contributed by atoms with E-state index in [0.29, 0.717) is 30.9 Å². The molecule has 0 saturated heterocycles. The third-order valence-corrected chi connectivity index (χ3v) is 3.84. The Kier molecular flexibility index (Phi) is 8.32. The van der Waals surface area contributed by atoms with E-state index in [-0.39, 0.29) is 6.61 Å². The van der Waals surface area contributed by atoms with Crippen LogP contribution in [0.3, 0.4) is 0 Å². The van der Waals surface area contributed by atoms with Gasteiger partial charge in [0.05, 0.1) is 18.8 Å². The van der Waals surface area contributed by atoms with E-state index in [1.807, 2.05) is 30.3 Å². The predicted molar refractivity (Wildman–Crippen MR) is 102 cm³/mol. The summed E-state index contributed by atoms with van der Waals surface area (Å²) in [6.07, 6.45) is 0.345. The highest BCUT2D eigenvalue weighted by atomic mass is 16.5. The number of rotatable bonds is 10. The Morgan fingerprint density at radius 2 is 1.70 bits per heavy atom. The van der Waals surface area contributed by atoms with Gasteiger partial charge in [-0.3, -0.25) is 4.79 Å². The minimum atomic E-state index is -0.785. The zero-order chi connectivity index (χ0) is 19.5. The minimum absolute atomic E-state index is 0.247. The van der Waals surface area contributed by atoms with Crippen LogP contribution in [0.4, 0.5) is 0 Å². The molecule has 0 fully saturated rings. The van der Waals surface area contributed by atoms with Crippen molar-refractivity contribution in [1.82, 2.24) is 5.32 Å². The Morgan fingerprint density at radius 3 is 2.41 bits per heavy atom. The Bertz CT molecular complexity index is 732.